The zero-order valence-electron chi connectivity index (χ0n) is 8.33. The normalized spacial score (nSPS) is 25.5. The van der Waals surface area contributed by atoms with Gasteiger partial charge in [-0.3, -0.25) is 4.79 Å². The van der Waals surface area contributed by atoms with Gasteiger partial charge in [-0.2, -0.15) is 0 Å². The number of hydrogen-bond donors (Lipinski definition) is 1. The second kappa shape index (κ2) is 4.24. The van der Waals surface area contributed by atoms with E-state index >= 15 is 0 Å². The first-order valence-corrected chi connectivity index (χ1v) is 5.19. The quantitative estimate of drug-likeness (QED) is 0.779. The number of carbonyl (C=O) groups excluding carboxylic acids is 1. The zero-order valence-corrected chi connectivity index (χ0v) is 9.08. The molecule has 0 radical (unpaired) electrons. The van der Waals surface area contributed by atoms with Crippen molar-refractivity contribution < 1.29 is 13.9 Å². The zero-order chi connectivity index (χ0) is 10.8. The van der Waals surface area contributed by atoms with E-state index in [1.54, 1.807) is 13.0 Å². The summed E-state index contributed by atoms with van der Waals surface area (Å²) in [6.07, 6.45) is 1.49. The molecule has 1 N–H and O–H groups in total. The first kappa shape index (κ1) is 10.5. The summed E-state index contributed by atoms with van der Waals surface area (Å²) in [5.41, 5.74) is 0.547. The average Bonchev–Trinajstić information content (AvgIpc) is 2.76. The van der Waals surface area contributed by atoms with Gasteiger partial charge in [-0.05, 0) is 13.0 Å². The van der Waals surface area contributed by atoms with Gasteiger partial charge in [0, 0.05) is 0 Å². The highest BCUT2D eigenvalue weighted by atomic mass is 35.5. The average molecular weight is 230 g/mol. The third kappa shape index (κ3) is 2.16. The summed E-state index contributed by atoms with van der Waals surface area (Å²) >= 11 is 5.96. The van der Waals surface area contributed by atoms with Gasteiger partial charge in [0.15, 0.2) is 0 Å². The molecule has 0 aliphatic carbocycles. The molecule has 1 aliphatic heterocycles. The van der Waals surface area contributed by atoms with Crippen LogP contribution in [0.1, 0.15) is 16.1 Å². The van der Waals surface area contributed by atoms with Gasteiger partial charge in [0.25, 0.3) is 5.91 Å². The molecule has 15 heavy (non-hydrogen) atoms. The lowest BCUT2D eigenvalue weighted by molar-refractivity contribution is 0.0928. The van der Waals surface area contributed by atoms with Crippen molar-refractivity contribution in [2.45, 2.75) is 18.3 Å². The Balaban J connectivity index is 2.01. The van der Waals surface area contributed by atoms with Gasteiger partial charge in [0.05, 0.1) is 36.5 Å². The van der Waals surface area contributed by atoms with Gasteiger partial charge >= 0.3 is 0 Å². The molecule has 82 valence electrons. The lowest BCUT2D eigenvalue weighted by Crippen LogP contribution is -2.40. The smallest absolute Gasteiger partial charge is 0.255 e. The Bertz CT molecular complexity index is 363. The summed E-state index contributed by atoms with van der Waals surface area (Å²) in [7, 11) is 0. The molecule has 1 aromatic rings. The van der Waals surface area contributed by atoms with Crippen molar-refractivity contribution in [3.63, 3.8) is 0 Å². The predicted molar refractivity (Wildman–Crippen MR) is 55.2 cm³/mol. The molecule has 5 heteroatoms. The number of nitrogens with one attached hydrogen (secondary N) is 1. The number of furan rings is 1. The molecular weight excluding hydrogens is 218 g/mol. The van der Waals surface area contributed by atoms with Crippen molar-refractivity contribution in [1.29, 1.82) is 0 Å². The van der Waals surface area contributed by atoms with Crippen LogP contribution in [0.4, 0.5) is 0 Å². The van der Waals surface area contributed by atoms with Gasteiger partial charge in [-0.25, -0.2) is 0 Å². The molecule has 2 rings (SSSR count). The summed E-state index contributed by atoms with van der Waals surface area (Å²) in [6, 6.07) is 1.53. The maximum Gasteiger partial charge on any atom is 0.255 e. The molecule has 2 atom stereocenters. The Labute approximate surface area is 92.5 Å². The molecule has 0 aromatic carbocycles. The molecule has 2 heterocycles. The van der Waals surface area contributed by atoms with E-state index < -0.39 is 0 Å². The Morgan fingerprint density at radius 3 is 2.93 bits per heavy atom. The lowest BCUT2D eigenvalue weighted by Gasteiger charge is -2.13. The minimum absolute atomic E-state index is 0.117. The highest BCUT2D eigenvalue weighted by Gasteiger charge is 2.28. The number of ether oxygens (including phenoxy) is 1. The highest BCUT2D eigenvalue weighted by Crippen LogP contribution is 2.14. The minimum Gasteiger partial charge on any atom is -0.469 e. The van der Waals surface area contributed by atoms with Gasteiger partial charge in [0.1, 0.15) is 5.76 Å². The number of hydrogen-bond acceptors (Lipinski definition) is 3. The maximum absolute atomic E-state index is 11.7. The van der Waals surface area contributed by atoms with Crippen LogP contribution in [0.25, 0.3) is 0 Å². The van der Waals surface area contributed by atoms with Gasteiger partial charge < -0.3 is 14.5 Å². The van der Waals surface area contributed by atoms with E-state index in [0.717, 1.165) is 0 Å². The monoisotopic (exact) mass is 229 g/mol. The Kier molecular flexibility index (Phi) is 2.98. The molecule has 0 spiro atoms. The van der Waals surface area contributed by atoms with E-state index in [2.05, 4.69) is 5.32 Å². The number of alkyl halides is 1. The van der Waals surface area contributed by atoms with E-state index in [-0.39, 0.29) is 17.3 Å². The van der Waals surface area contributed by atoms with E-state index in [0.29, 0.717) is 24.5 Å². The Morgan fingerprint density at radius 1 is 1.60 bits per heavy atom. The minimum atomic E-state index is -0.164. The van der Waals surface area contributed by atoms with Crippen LogP contribution < -0.4 is 5.32 Å². The fourth-order valence-electron chi connectivity index (χ4n) is 1.53. The predicted octanol–water partition coefficient (Wildman–Crippen LogP) is 1.32. The first-order chi connectivity index (χ1) is 7.18. The number of halogens is 1. The maximum atomic E-state index is 11.7. The molecule has 0 saturated carbocycles. The van der Waals surface area contributed by atoms with Crippen molar-refractivity contribution in [3.05, 3.63) is 23.7 Å². The summed E-state index contributed by atoms with van der Waals surface area (Å²) in [5.74, 6) is 0.444. The fraction of sp³-hybridized carbons (Fsp3) is 0.500. The molecule has 1 aliphatic rings. The van der Waals surface area contributed by atoms with Crippen molar-refractivity contribution in [1.82, 2.24) is 5.32 Å². The van der Waals surface area contributed by atoms with Gasteiger partial charge in [0.2, 0.25) is 0 Å². The topological polar surface area (TPSA) is 51.5 Å². The summed E-state index contributed by atoms with van der Waals surface area (Å²) in [5, 5.41) is 2.66. The van der Waals surface area contributed by atoms with Crippen LogP contribution in [0.2, 0.25) is 0 Å². The van der Waals surface area contributed by atoms with Gasteiger partial charge in [-0.1, -0.05) is 0 Å². The SMILES string of the molecule is Cc1occc1C(=O)NC1COCC1Cl. The second-order valence-corrected chi connectivity index (χ2v) is 4.08. The van der Waals surface area contributed by atoms with Crippen molar-refractivity contribution >= 4 is 17.5 Å². The summed E-state index contributed by atoms with van der Waals surface area (Å²) in [6.45, 7) is 2.70. The lowest BCUT2D eigenvalue weighted by atomic mass is 10.2. The van der Waals surface area contributed by atoms with E-state index in [1.165, 1.54) is 6.26 Å². The summed E-state index contributed by atoms with van der Waals surface area (Å²) < 4.78 is 10.2. The third-order valence-corrected chi connectivity index (χ3v) is 2.86. The third-order valence-electron chi connectivity index (χ3n) is 2.43. The van der Waals surface area contributed by atoms with Crippen LogP contribution in [0, 0.1) is 6.92 Å². The molecule has 4 nitrogen and oxygen atoms in total. The Hall–Kier alpha value is -1.00. The van der Waals surface area contributed by atoms with Crippen LogP contribution >= 0.6 is 11.6 Å². The largest absolute Gasteiger partial charge is 0.469 e. The van der Waals surface area contributed by atoms with Crippen LogP contribution in [0.5, 0.6) is 0 Å². The number of aryl methyl sites for hydroxylation is 1. The number of amides is 1. The van der Waals surface area contributed by atoms with E-state index in [1.807, 2.05) is 0 Å². The molecule has 1 amide bonds. The molecule has 0 bridgehead atoms. The molecular formula is C10H12ClNO3. The van der Waals surface area contributed by atoms with Crippen LogP contribution in [-0.2, 0) is 4.74 Å². The van der Waals surface area contributed by atoms with Gasteiger partial charge in [-0.15, -0.1) is 11.6 Å². The molecule has 1 aromatic heterocycles. The molecule has 1 fully saturated rings. The van der Waals surface area contributed by atoms with E-state index in [9.17, 15) is 4.79 Å². The second-order valence-electron chi connectivity index (χ2n) is 3.52. The standard InChI is InChI=1S/C10H12ClNO3/c1-6-7(2-3-15-6)10(13)12-9-5-14-4-8(9)11/h2-3,8-9H,4-5H2,1H3,(H,12,13). The summed E-state index contributed by atoms with van der Waals surface area (Å²) in [4.78, 5) is 11.7. The first-order valence-electron chi connectivity index (χ1n) is 4.75. The van der Waals surface area contributed by atoms with Crippen molar-refractivity contribution in [2.75, 3.05) is 13.2 Å². The van der Waals surface area contributed by atoms with Crippen molar-refractivity contribution in [3.8, 4) is 0 Å². The number of rotatable bonds is 2. The molecule has 2 unspecified atom stereocenters. The van der Waals surface area contributed by atoms with E-state index in [4.69, 9.17) is 20.8 Å². The number of carbonyl (C=O) groups is 1. The highest BCUT2D eigenvalue weighted by molar-refractivity contribution is 6.21. The fourth-order valence-corrected chi connectivity index (χ4v) is 1.75. The van der Waals surface area contributed by atoms with Crippen LogP contribution in [0.3, 0.4) is 0 Å². The molecule has 1 saturated heterocycles. The van der Waals surface area contributed by atoms with Crippen LogP contribution in [0.15, 0.2) is 16.7 Å². The van der Waals surface area contributed by atoms with Crippen molar-refractivity contribution in [2.24, 2.45) is 0 Å². The van der Waals surface area contributed by atoms with Crippen LogP contribution in [-0.4, -0.2) is 30.5 Å². The Morgan fingerprint density at radius 2 is 2.40 bits per heavy atom.